The molecule has 3 aromatic rings. The Hall–Kier alpha value is -3.02. The number of H-pyrrole nitrogens is 1. The van der Waals surface area contributed by atoms with Crippen LogP contribution in [-0.4, -0.2) is 24.5 Å². The number of ether oxygens (including phenoxy) is 1. The maximum absolute atomic E-state index is 12.0. The predicted octanol–water partition coefficient (Wildman–Crippen LogP) is 2.42. The van der Waals surface area contributed by atoms with Gasteiger partial charge in [-0.05, 0) is 48.2 Å². The molecule has 1 heterocycles. The van der Waals surface area contributed by atoms with E-state index in [0.29, 0.717) is 36.9 Å². The fourth-order valence-corrected chi connectivity index (χ4v) is 2.67. The molecule has 1 aromatic heterocycles. The van der Waals surface area contributed by atoms with Crippen molar-refractivity contribution in [2.45, 2.75) is 19.3 Å². The number of rotatable bonds is 7. The number of nitrogens with one attached hydrogen (secondary N) is 2. The summed E-state index contributed by atoms with van der Waals surface area (Å²) in [4.78, 5) is 25.7. The number of aromatic amines is 1. The number of benzene rings is 2. The second-order valence-corrected chi connectivity index (χ2v) is 5.80. The second-order valence-electron chi connectivity index (χ2n) is 5.80. The summed E-state index contributed by atoms with van der Waals surface area (Å²) in [5.74, 6) is 0.347. The monoisotopic (exact) mass is 340 g/mol. The standard InChI is InChI=1S/C19H20N2O4/c1-24-15-4-2-3-13(11-15)6-8-18(22)20-10-9-14-5-7-16-17(12-14)25-19(23)21-16/h2-5,7,11-12H,6,8-10H2,1H3,(H,20,22)(H,21,23). The largest absolute Gasteiger partial charge is 0.497 e. The Morgan fingerprint density at radius 3 is 2.84 bits per heavy atom. The number of methoxy groups -OCH3 is 1. The highest BCUT2D eigenvalue weighted by Crippen LogP contribution is 2.14. The van der Waals surface area contributed by atoms with Crippen molar-refractivity contribution in [1.29, 1.82) is 0 Å². The summed E-state index contributed by atoms with van der Waals surface area (Å²) >= 11 is 0. The molecule has 1 amide bonds. The van der Waals surface area contributed by atoms with Crippen molar-refractivity contribution < 1.29 is 13.9 Å². The normalized spacial score (nSPS) is 10.8. The van der Waals surface area contributed by atoms with E-state index in [4.69, 9.17) is 9.15 Å². The van der Waals surface area contributed by atoms with Crippen molar-refractivity contribution in [1.82, 2.24) is 10.3 Å². The van der Waals surface area contributed by atoms with Crippen molar-refractivity contribution in [3.05, 3.63) is 64.1 Å². The van der Waals surface area contributed by atoms with E-state index < -0.39 is 5.76 Å². The van der Waals surface area contributed by atoms with Crippen LogP contribution in [0.4, 0.5) is 0 Å². The Labute approximate surface area is 144 Å². The van der Waals surface area contributed by atoms with Crippen LogP contribution in [0.15, 0.2) is 51.7 Å². The third-order valence-electron chi connectivity index (χ3n) is 4.00. The smallest absolute Gasteiger partial charge is 0.417 e. The summed E-state index contributed by atoms with van der Waals surface area (Å²) < 4.78 is 10.2. The molecule has 0 aliphatic carbocycles. The van der Waals surface area contributed by atoms with Gasteiger partial charge in [-0.15, -0.1) is 0 Å². The third kappa shape index (κ3) is 4.50. The topological polar surface area (TPSA) is 84.3 Å². The first-order chi connectivity index (χ1) is 12.1. The highest BCUT2D eigenvalue weighted by Gasteiger charge is 2.05. The van der Waals surface area contributed by atoms with Crippen LogP contribution in [0.25, 0.3) is 11.1 Å². The average Bonchev–Trinajstić information content (AvgIpc) is 2.99. The zero-order valence-electron chi connectivity index (χ0n) is 14.0. The number of oxazole rings is 1. The van der Waals surface area contributed by atoms with Gasteiger partial charge in [0.2, 0.25) is 5.91 Å². The Morgan fingerprint density at radius 1 is 1.16 bits per heavy atom. The van der Waals surface area contributed by atoms with Gasteiger partial charge in [-0.2, -0.15) is 0 Å². The first-order valence-corrected chi connectivity index (χ1v) is 8.15. The maximum atomic E-state index is 12.0. The molecular weight excluding hydrogens is 320 g/mol. The van der Waals surface area contributed by atoms with Gasteiger partial charge in [0.1, 0.15) is 5.75 Å². The van der Waals surface area contributed by atoms with E-state index in [1.165, 1.54) is 0 Å². The van der Waals surface area contributed by atoms with Crippen LogP contribution in [0, 0.1) is 0 Å². The van der Waals surface area contributed by atoms with Crippen LogP contribution >= 0.6 is 0 Å². The quantitative estimate of drug-likeness (QED) is 0.692. The highest BCUT2D eigenvalue weighted by molar-refractivity contribution is 5.76. The number of amides is 1. The molecule has 2 N–H and O–H groups in total. The lowest BCUT2D eigenvalue weighted by Gasteiger charge is -2.07. The number of hydrogen-bond donors (Lipinski definition) is 2. The van der Waals surface area contributed by atoms with Gasteiger partial charge >= 0.3 is 5.76 Å². The molecular formula is C19H20N2O4. The van der Waals surface area contributed by atoms with Gasteiger partial charge in [-0.1, -0.05) is 18.2 Å². The predicted molar refractivity (Wildman–Crippen MR) is 94.9 cm³/mol. The van der Waals surface area contributed by atoms with E-state index >= 15 is 0 Å². The van der Waals surface area contributed by atoms with Crippen molar-refractivity contribution in [2.24, 2.45) is 0 Å². The second kappa shape index (κ2) is 7.70. The Balaban J connectivity index is 1.45. The van der Waals surface area contributed by atoms with Crippen LogP contribution in [0.5, 0.6) is 5.75 Å². The molecule has 6 heteroatoms. The molecule has 0 fully saturated rings. The summed E-state index contributed by atoms with van der Waals surface area (Å²) in [5, 5.41) is 2.91. The zero-order valence-corrected chi connectivity index (χ0v) is 14.0. The van der Waals surface area contributed by atoms with Crippen LogP contribution in [-0.2, 0) is 17.6 Å². The maximum Gasteiger partial charge on any atom is 0.417 e. The minimum atomic E-state index is -0.460. The van der Waals surface area contributed by atoms with E-state index in [9.17, 15) is 9.59 Å². The molecule has 0 spiro atoms. The Kier molecular flexibility index (Phi) is 5.18. The summed E-state index contributed by atoms with van der Waals surface area (Å²) in [6.07, 6.45) is 1.78. The van der Waals surface area contributed by atoms with E-state index in [1.54, 1.807) is 13.2 Å². The number of aromatic nitrogens is 1. The molecule has 0 bridgehead atoms. The Morgan fingerprint density at radius 2 is 2.00 bits per heavy atom. The van der Waals surface area contributed by atoms with Gasteiger partial charge in [0, 0.05) is 13.0 Å². The number of fused-ring (bicyclic) bond motifs is 1. The first kappa shape index (κ1) is 16.8. The van der Waals surface area contributed by atoms with Crippen LogP contribution in [0.3, 0.4) is 0 Å². The fourth-order valence-electron chi connectivity index (χ4n) is 2.67. The molecule has 0 saturated heterocycles. The van der Waals surface area contributed by atoms with Crippen molar-refractivity contribution >= 4 is 17.0 Å². The summed E-state index contributed by atoms with van der Waals surface area (Å²) in [6, 6.07) is 13.3. The lowest BCUT2D eigenvalue weighted by Crippen LogP contribution is -2.25. The van der Waals surface area contributed by atoms with Crippen LogP contribution in [0.2, 0.25) is 0 Å². The van der Waals surface area contributed by atoms with Crippen LogP contribution in [0.1, 0.15) is 17.5 Å². The SMILES string of the molecule is COc1cccc(CCC(=O)NCCc2ccc3[nH]c(=O)oc3c2)c1. The molecule has 2 aromatic carbocycles. The van der Waals surface area contributed by atoms with E-state index in [1.807, 2.05) is 36.4 Å². The zero-order chi connectivity index (χ0) is 17.6. The molecule has 0 aliphatic rings. The van der Waals surface area contributed by atoms with Gasteiger partial charge in [0.15, 0.2) is 5.58 Å². The molecule has 0 saturated carbocycles. The molecule has 0 aliphatic heterocycles. The number of carbonyl (C=O) groups excluding carboxylic acids is 1. The third-order valence-corrected chi connectivity index (χ3v) is 4.00. The van der Waals surface area contributed by atoms with Gasteiger partial charge in [0.05, 0.1) is 12.6 Å². The molecule has 25 heavy (non-hydrogen) atoms. The molecule has 0 atom stereocenters. The Bertz CT molecular complexity index is 926. The number of aryl methyl sites for hydroxylation is 1. The summed E-state index contributed by atoms with van der Waals surface area (Å²) in [7, 11) is 1.63. The molecule has 6 nitrogen and oxygen atoms in total. The van der Waals surface area contributed by atoms with Gasteiger partial charge < -0.3 is 14.5 Å². The van der Waals surface area contributed by atoms with Gasteiger partial charge in [-0.25, -0.2) is 4.79 Å². The van der Waals surface area contributed by atoms with E-state index in [2.05, 4.69) is 10.3 Å². The molecule has 3 rings (SSSR count). The minimum Gasteiger partial charge on any atom is -0.497 e. The van der Waals surface area contributed by atoms with E-state index in [0.717, 1.165) is 16.9 Å². The molecule has 130 valence electrons. The average molecular weight is 340 g/mol. The van der Waals surface area contributed by atoms with Crippen molar-refractivity contribution in [3.8, 4) is 5.75 Å². The number of carbonyl (C=O) groups is 1. The van der Waals surface area contributed by atoms with Crippen LogP contribution < -0.4 is 15.8 Å². The van der Waals surface area contributed by atoms with Crippen molar-refractivity contribution in [2.75, 3.05) is 13.7 Å². The first-order valence-electron chi connectivity index (χ1n) is 8.15. The lowest BCUT2D eigenvalue weighted by molar-refractivity contribution is -0.121. The number of hydrogen-bond acceptors (Lipinski definition) is 4. The van der Waals surface area contributed by atoms with E-state index in [-0.39, 0.29) is 5.91 Å². The van der Waals surface area contributed by atoms with Gasteiger partial charge in [0.25, 0.3) is 0 Å². The summed E-state index contributed by atoms with van der Waals surface area (Å²) in [5.41, 5.74) is 3.29. The summed E-state index contributed by atoms with van der Waals surface area (Å²) in [6.45, 7) is 0.539. The fraction of sp³-hybridized carbons (Fsp3) is 0.263. The minimum absolute atomic E-state index is 0.0112. The highest BCUT2D eigenvalue weighted by atomic mass is 16.5. The lowest BCUT2D eigenvalue weighted by atomic mass is 10.1. The van der Waals surface area contributed by atoms with Crippen molar-refractivity contribution in [3.63, 3.8) is 0 Å². The molecule has 0 radical (unpaired) electrons. The van der Waals surface area contributed by atoms with Gasteiger partial charge in [-0.3, -0.25) is 9.78 Å². The molecule has 0 unspecified atom stereocenters.